The van der Waals surface area contributed by atoms with Gasteiger partial charge in [-0.15, -0.1) is 0 Å². The van der Waals surface area contributed by atoms with Gasteiger partial charge in [0.05, 0.1) is 14.2 Å². The van der Waals surface area contributed by atoms with Crippen LogP contribution in [0.25, 0.3) is 0 Å². The second kappa shape index (κ2) is 8.72. The van der Waals surface area contributed by atoms with Gasteiger partial charge in [0.1, 0.15) is 6.61 Å². The number of carbonyl (C=O) groups excluding carboxylic acids is 3. The first-order valence-electron chi connectivity index (χ1n) is 9.15. The molecule has 2 heterocycles. The number of likely N-dealkylation sites (tertiary alicyclic amines) is 1. The minimum Gasteiger partial charge on any atom is -0.481 e. The number of ether oxygens (including phenoxy) is 3. The average Bonchev–Trinajstić information content (AvgIpc) is 2.78. The molecule has 29 heavy (non-hydrogen) atoms. The third-order valence-electron chi connectivity index (χ3n) is 4.93. The van der Waals surface area contributed by atoms with E-state index in [1.165, 1.54) is 20.4 Å². The molecule has 1 atom stereocenters. The summed E-state index contributed by atoms with van der Waals surface area (Å²) in [6.07, 6.45) is 1.25. The first kappa shape index (κ1) is 20.3. The topological polar surface area (TPSA) is 95.0 Å². The maximum atomic E-state index is 13.4. The zero-order valence-corrected chi connectivity index (χ0v) is 16.3. The summed E-state index contributed by atoms with van der Waals surface area (Å²) in [5.41, 5.74) is -0.670. The molecule has 2 amide bonds. The second-order valence-corrected chi connectivity index (χ2v) is 6.56. The molecule has 1 unspecified atom stereocenters. The second-order valence-electron chi connectivity index (χ2n) is 6.56. The summed E-state index contributed by atoms with van der Waals surface area (Å²) < 4.78 is 15.5. The Bertz CT molecular complexity index is 901. The Balaban J connectivity index is 1.91. The van der Waals surface area contributed by atoms with Gasteiger partial charge in [-0.3, -0.25) is 9.59 Å². The number of imide groups is 1. The molecule has 0 N–H and O–H groups in total. The number of pyridine rings is 1. The van der Waals surface area contributed by atoms with Crippen LogP contribution in [0.15, 0.2) is 48.7 Å². The lowest BCUT2D eigenvalue weighted by molar-refractivity contribution is -0.158. The van der Waals surface area contributed by atoms with Crippen LogP contribution in [0.4, 0.5) is 4.79 Å². The predicted octanol–water partition coefficient (Wildman–Crippen LogP) is 2.46. The molecule has 1 saturated heterocycles. The summed E-state index contributed by atoms with van der Waals surface area (Å²) in [6.45, 7) is 0.165. The molecule has 3 rings (SSSR count). The molecule has 1 aliphatic rings. The number of amides is 2. The number of hydrogen-bond acceptors (Lipinski definition) is 7. The van der Waals surface area contributed by atoms with E-state index in [2.05, 4.69) is 4.98 Å². The Hall–Kier alpha value is -3.42. The molecule has 0 bridgehead atoms. The Morgan fingerprint density at radius 3 is 2.59 bits per heavy atom. The molecule has 1 aromatic carbocycles. The quantitative estimate of drug-likeness (QED) is 0.564. The van der Waals surface area contributed by atoms with Gasteiger partial charge in [-0.1, -0.05) is 36.4 Å². The highest BCUT2D eigenvalue weighted by Gasteiger charge is 2.56. The first-order chi connectivity index (χ1) is 14.0. The highest BCUT2D eigenvalue weighted by Crippen LogP contribution is 2.40. The largest absolute Gasteiger partial charge is 0.481 e. The molecular weight excluding hydrogens is 376 g/mol. The molecule has 8 nitrogen and oxygen atoms in total. The van der Waals surface area contributed by atoms with E-state index in [-0.39, 0.29) is 31.0 Å². The van der Waals surface area contributed by atoms with Crippen LogP contribution in [0.5, 0.6) is 5.88 Å². The lowest BCUT2D eigenvalue weighted by Crippen LogP contribution is -2.57. The lowest BCUT2D eigenvalue weighted by Gasteiger charge is -2.38. The van der Waals surface area contributed by atoms with Crippen molar-refractivity contribution >= 4 is 18.0 Å². The van der Waals surface area contributed by atoms with Gasteiger partial charge in [0.15, 0.2) is 5.41 Å². The van der Waals surface area contributed by atoms with Crippen molar-refractivity contribution in [3.05, 3.63) is 59.8 Å². The van der Waals surface area contributed by atoms with Crippen LogP contribution in [0.1, 0.15) is 24.0 Å². The van der Waals surface area contributed by atoms with Crippen molar-refractivity contribution in [3.8, 4) is 5.88 Å². The van der Waals surface area contributed by atoms with E-state index < -0.39 is 23.4 Å². The number of nitrogens with zero attached hydrogens (tertiary/aromatic N) is 2. The minimum absolute atomic E-state index is 0.0187. The molecular formula is C21H22N2O6. The van der Waals surface area contributed by atoms with Crippen LogP contribution in [0.2, 0.25) is 0 Å². The summed E-state index contributed by atoms with van der Waals surface area (Å²) in [5.74, 6) is -1.35. The van der Waals surface area contributed by atoms with Crippen molar-refractivity contribution in [1.29, 1.82) is 0 Å². The van der Waals surface area contributed by atoms with Gasteiger partial charge in [0, 0.05) is 18.3 Å². The molecule has 152 valence electrons. The van der Waals surface area contributed by atoms with Crippen molar-refractivity contribution in [3.63, 3.8) is 0 Å². The zero-order chi connectivity index (χ0) is 20.9. The third-order valence-corrected chi connectivity index (χ3v) is 4.93. The SMILES string of the molecule is COC(=O)C1(c2cccnc2OC)CCCN(C(=O)OCc2ccccc2)C1=O. The smallest absolute Gasteiger partial charge is 0.416 e. The van der Waals surface area contributed by atoms with Gasteiger partial charge in [-0.2, -0.15) is 0 Å². The summed E-state index contributed by atoms with van der Waals surface area (Å²) in [5, 5.41) is 0. The minimum atomic E-state index is -1.72. The Morgan fingerprint density at radius 2 is 1.90 bits per heavy atom. The molecule has 1 aromatic heterocycles. The number of methoxy groups -OCH3 is 2. The highest BCUT2D eigenvalue weighted by molar-refractivity contribution is 6.13. The van der Waals surface area contributed by atoms with Gasteiger partial charge < -0.3 is 14.2 Å². The van der Waals surface area contributed by atoms with E-state index in [4.69, 9.17) is 14.2 Å². The van der Waals surface area contributed by atoms with Crippen molar-refractivity contribution < 1.29 is 28.6 Å². The van der Waals surface area contributed by atoms with Gasteiger partial charge >= 0.3 is 12.1 Å². The number of hydrogen-bond donors (Lipinski definition) is 0. The molecule has 2 aromatic rings. The number of esters is 1. The fourth-order valence-corrected chi connectivity index (χ4v) is 3.51. The zero-order valence-electron chi connectivity index (χ0n) is 16.3. The number of aromatic nitrogens is 1. The van der Waals surface area contributed by atoms with Crippen molar-refractivity contribution in [1.82, 2.24) is 9.88 Å². The standard InChI is InChI=1S/C21H22N2O6/c1-27-17-16(10-6-12-22-17)21(19(25)28-2)11-7-13-23(18(21)24)20(26)29-14-15-8-4-3-5-9-15/h3-6,8-10,12H,7,11,13-14H2,1-2H3. The van der Waals surface area contributed by atoms with Gasteiger partial charge in [-0.25, -0.2) is 14.7 Å². The van der Waals surface area contributed by atoms with Crippen molar-refractivity contribution in [2.75, 3.05) is 20.8 Å². The predicted molar refractivity (Wildman–Crippen MR) is 102 cm³/mol. The van der Waals surface area contributed by atoms with Crippen molar-refractivity contribution in [2.24, 2.45) is 0 Å². The van der Waals surface area contributed by atoms with E-state index in [1.807, 2.05) is 30.3 Å². The maximum Gasteiger partial charge on any atom is 0.416 e. The van der Waals surface area contributed by atoms with Gasteiger partial charge in [0.25, 0.3) is 5.91 Å². The number of piperidine rings is 1. The lowest BCUT2D eigenvalue weighted by atomic mass is 9.73. The Morgan fingerprint density at radius 1 is 1.14 bits per heavy atom. The van der Waals surface area contributed by atoms with Crippen LogP contribution in [0.3, 0.4) is 0 Å². The van der Waals surface area contributed by atoms with Crippen LogP contribution >= 0.6 is 0 Å². The molecule has 0 saturated carbocycles. The molecule has 0 radical (unpaired) electrons. The van der Waals surface area contributed by atoms with Crippen LogP contribution in [-0.2, 0) is 31.1 Å². The summed E-state index contributed by atoms with van der Waals surface area (Å²) in [6, 6.07) is 12.3. The van der Waals surface area contributed by atoms with Crippen LogP contribution < -0.4 is 4.74 Å². The summed E-state index contributed by atoms with van der Waals surface area (Å²) in [4.78, 5) is 43.9. The average molecular weight is 398 g/mol. The fourth-order valence-electron chi connectivity index (χ4n) is 3.51. The van der Waals surface area contributed by atoms with E-state index in [0.717, 1.165) is 10.5 Å². The maximum absolute atomic E-state index is 13.4. The van der Waals surface area contributed by atoms with Gasteiger partial charge in [-0.05, 0) is 24.5 Å². The molecule has 0 aliphatic carbocycles. The molecule has 8 heteroatoms. The number of benzene rings is 1. The summed E-state index contributed by atoms with van der Waals surface area (Å²) in [7, 11) is 2.60. The third kappa shape index (κ3) is 3.78. The van der Waals surface area contributed by atoms with E-state index in [0.29, 0.717) is 6.42 Å². The summed E-state index contributed by atoms with van der Waals surface area (Å²) >= 11 is 0. The monoisotopic (exact) mass is 398 g/mol. The highest BCUT2D eigenvalue weighted by atomic mass is 16.6. The van der Waals surface area contributed by atoms with Crippen LogP contribution in [0, 0.1) is 0 Å². The van der Waals surface area contributed by atoms with Crippen LogP contribution in [-0.4, -0.2) is 48.6 Å². The first-order valence-corrected chi connectivity index (χ1v) is 9.15. The molecule has 1 fully saturated rings. The van der Waals surface area contributed by atoms with E-state index in [1.54, 1.807) is 12.1 Å². The van der Waals surface area contributed by atoms with E-state index >= 15 is 0 Å². The normalized spacial score (nSPS) is 18.8. The number of rotatable bonds is 5. The van der Waals surface area contributed by atoms with Gasteiger partial charge in [0.2, 0.25) is 5.88 Å². The molecule has 1 aliphatic heterocycles. The Labute approximate surface area is 168 Å². The Kier molecular flexibility index (Phi) is 6.11. The van der Waals surface area contributed by atoms with E-state index in [9.17, 15) is 14.4 Å². The number of carbonyl (C=O) groups is 3. The van der Waals surface area contributed by atoms with Crippen molar-refractivity contribution in [2.45, 2.75) is 24.9 Å². The fraction of sp³-hybridized carbons (Fsp3) is 0.333. The molecule has 0 spiro atoms.